The molecule has 1 aliphatic heterocycles. The Morgan fingerprint density at radius 2 is 1.95 bits per heavy atom. The minimum atomic E-state index is 0.688. The summed E-state index contributed by atoms with van der Waals surface area (Å²) in [5, 5.41) is 3.48. The van der Waals surface area contributed by atoms with E-state index in [4.69, 9.17) is 4.98 Å². The van der Waals surface area contributed by atoms with Crippen LogP contribution in [0.2, 0.25) is 0 Å². The number of piperazine rings is 1. The smallest absolute Gasteiger partial charge is 0.131 e. The number of hydrogen-bond acceptors (Lipinski definition) is 4. The lowest BCUT2D eigenvalue weighted by molar-refractivity contribution is 0.270. The average Bonchev–Trinajstić information content (AvgIpc) is 2.47. The summed E-state index contributed by atoms with van der Waals surface area (Å²) in [6, 6.07) is 2.28. The minimum absolute atomic E-state index is 0.688. The molecule has 0 unspecified atom stereocenters. The first-order chi connectivity index (χ1) is 10.1. The number of likely N-dealkylation sites (N-methyl/N-ethyl adjacent to an activating group) is 1. The van der Waals surface area contributed by atoms with E-state index in [1.54, 1.807) is 0 Å². The molecule has 118 valence electrons. The zero-order chi connectivity index (χ0) is 15.2. The number of nitrogens with zero attached hydrogens (tertiary/aromatic N) is 3. The molecule has 4 heteroatoms. The van der Waals surface area contributed by atoms with E-state index >= 15 is 0 Å². The van der Waals surface area contributed by atoms with Crippen molar-refractivity contribution in [1.82, 2.24) is 15.2 Å². The maximum atomic E-state index is 4.72. The van der Waals surface area contributed by atoms with Crippen LogP contribution in [0.4, 0.5) is 5.82 Å². The van der Waals surface area contributed by atoms with Crippen LogP contribution in [0.1, 0.15) is 31.9 Å². The van der Waals surface area contributed by atoms with Gasteiger partial charge in [0.05, 0.1) is 0 Å². The van der Waals surface area contributed by atoms with Crippen LogP contribution in [0.15, 0.2) is 12.3 Å². The first-order valence-corrected chi connectivity index (χ1v) is 8.23. The summed E-state index contributed by atoms with van der Waals surface area (Å²) in [5.74, 6) is 1.85. The lowest BCUT2D eigenvalue weighted by atomic mass is 10.1. The van der Waals surface area contributed by atoms with Gasteiger partial charge in [-0.1, -0.05) is 20.8 Å². The summed E-state index contributed by atoms with van der Waals surface area (Å²) < 4.78 is 0. The van der Waals surface area contributed by atoms with Crippen molar-refractivity contribution in [2.24, 2.45) is 5.92 Å². The lowest BCUT2D eigenvalue weighted by Crippen LogP contribution is -2.46. The molecule has 1 saturated heterocycles. The van der Waals surface area contributed by atoms with E-state index in [0.717, 1.165) is 45.8 Å². The Labute approximate surface area is 129 Å². The first kappa shape index (κ1) is 16.2. The van der Waals surface area contributed by atoms with Crippen molar-refractivity contribution < 1.29 is 0 Å². The predicted molar refractivity (Wildman–Crippen MR) is 89.8 cm³/mol. The van der Waals surface area contributed by atoms with Crippen molar-refractivity contribution >= 4 is 5.82 Å². The van der Waals surface area contributed by atoms with E-state index in [-0.39, 0.29) is 0 Å². The largest absolute Gasteiger partial charge is 0.354 e. The summed E-state index contributed by atoms with van der Waals surface area (Å²) in [7, 11) is 0. The van der Waals surface area contributed by atoms with Gasteiger partial charge in [-0.05, 0) is 43.1 Å². The van der Waals surface area contributed by atoms with Gasteiger partial charge in [-0.25, -0.2) is 4.98 Å². The lowest BCUT2D eigenvalue weighted by Gasteiger charge is -2.35. The van der Waals surface area contributed by atoms with E-state index < -0.39 is 0 Å². The second-order valence-electron chi connectivity index (χ2n) is 6.43. The maximum Gasteiger partial charge on any atom is 0.131 e. The van der Waals surface area contributed by atoms with Gasteiger partial charge in [0.15, 0.2) is 0 Å². The molecule has 0 bridgehead atoms. The molecule has 21 heavy (non-hydrogen) atoms. The highest BCUT2D eigenvalue weighted by Gasteiger charge is 2.18. The SMILES string of the molecule is CCN1CCN(c2ncc(CNCC(C)C)cc2C)CC1. The molecule has 0 aliphatic carbocycles. The molecular weight excluding hydrogens is 260 g/mol. The van der Waals surface area contributed by atoms with E-state index in [2.05, 4.69) is 48.9 Å². The highest BCUT2D eigenvalue weighted by molar-refractivity contribution is 5.47. The average molecular weight is 290 g/mol. The van der Waals surface area contributed by atoms with Gasteiger partial charge in [-0.2, -0.15) is 0 Å². The molecule has 0 aromatic carbocycles. The zero-order valence-electron chi connectivity index (χ0n) is 14.0. The summed E-state index contributed by atoms with van der Waals surface area (Å²) in [4.78, 5) is 9.64. The van der Waals surface area contributed by atoms with Crippen LogP contribution in [0.25, 0.3) is 0 Å². The second-order valence-corrected chi connectivity index (χ2v) is 6.43. The van der Waals surface area contributed by atoms with Gasteiger partial charge in [0.25, 0.3) is 0 Å². The monoisotopic (exact) mass is 290 g/mol. The number of rotatable bonds is 6. The molecule has 1 aromatic rings. The van der Waals surface area contributed by atoms with E-state index in [0.29, 0.717) is 5.92 Å². The molecule has 0 spiro atoms. The molecule has 0 radical (unpaired) electrons. The van der Waals surface area contributed by atoms with Crippen LogP contribution in [-0.4, -0.2) is 49.2 Å². The maximum absolute atomic E-state index is 4.72. The van der Waals surface area contributed by atoms with Crippen LogP contribution in [0, 0.1) is 12.8 Å². The molecule has 4 nitrogen and oxygen atoms in total. The summed E-state index contributed by atoms with van der Waals surface area (Å²) >= 11 is 0. The molecule has 1 aromatic heterocycles. The van der Waals surface area contributed by atoms with Crippen molar-refractivity contribution in [3.63, 3.8) is 0 Å². The van der Waals surface area contributed by atoms with Crippen molar-refractivity contribution in [3.05, 3.63) is 23.4 Å². The molecule has 0 amide bonds. The van der Waals surface area contributed by atoms with Crippen molar-refractivity contribution in [1.29, 1.82) is 0 Å². The topological polar surface area (TPSA) is 31.4 Å². The molecule has 1 N–H and O–H groups in total. The first-order valence-electron chi connectivity index (χ1n) is 8.23. The normalized spacial score (nSPS) is 16.7. The number of hydrogen-bond donors (Lipinski definition) is 1. The highest BCUT2D eigenvalue weighted by atomic mass is 15.3. The predicted octanol–water partition coefficient (Wildman–Crippen LogP) is 2.28. The fourth-order valence-corrected chi connectivity index (χ4v) is 2.83. The Morgan fingerprint density at radius 3 is 2.52 bits per heavy atom. The third-order valence-corrected chi connectivity index (χ3v) is 4.11. The van der Waals surface area contributed by atoms with Gasteiger partial charge in [0.2, 0.25) is 0 Å². The number of nitrogens with one attached hydrogen (secondary N) is 1. The Hall–Kier alpha value is -1.13. The standard InChI is InChI=1S/C17H30N4/c1-5-20-6-8-21(9-7-20)17-15(4)10-16(13-19-17)12-18-11-14(2)3/h10,13-14,18H,5-9,11-12H2,1-4H3. The molecule has 1 aliphatic rings. The van der Waals surface area contributed by atoms with Gasteiger partial charge in [0, 0.05) is 38.9 Å². The summed E-state index contributed by atoms with van der Waals surface area (Å²) in [5.41, 5.74) is 2.58. The Balaban J connectivity index is 1.93. The third kappa shape index (κ3) is 4.68. The van der Waals surface area contributed by atoms with Gasteiger partial charge in [0.1, 0.15) is 5.82 Å². The summed E-state index contributed by atoms with van der Waals surface area (Å²) in [6.45, 7) is 16.5. The van der Waals surface area contributed by atoms with E-state index in [1.165, 1.54) is 16.9 Å². The van der Waals surface area contributed by atoms with Crippen LogP contribution in [-0.2, 0) is 6.54 Å². The quantitative estimate of drug-likeness (QED) is 0.871. The van der Waals surface area contributed by atoms with Gasteiger partial charge in [-0.3, -0.25) is 0 Å². The fourth-order valence-electron chi connectivity index (χ4n) is 2.83. The molecule has 1 fully saturated rings. The molecule has 0 atom stereocenters. The van der Waals surface area contributed by atoms with Gasteiger partial charge in [-0.15, -0.1) is 0 Å². The Morgan fingerprint density at radius 1 is 1.24 bits per heavy atom. The van der Waals surface area contributed by atoms with Crippen LogP contribution in [0.5, 0.6) is 0 Å². The van der Waals surface area contributed by atoms with E-state index in [1.807, 2.05) is 6.20 Å². The van der Waals surface area contributed by atoms with Gasteiger partial charge < -0.3 is 15.1 Å². The third-order valence-electron chi connectivity index (χ3n) is 4.11. The minimum Gasteiger partial charge on any atom is -0.354 e. The molecular formula is C17H30N4. The van der Waals surface area contributed by atoms with Crippen molar-refractivity contribution in [2.75, 3.05) is 44.2 Å². The van der Waals surface area contributed by atoms with Crippen LogP contribution in [0.3, 0.4) is 0 Å². The highest BCUT2D eigenvalue weighted by Crippen LogP contribution is 2.19. The molecule has 2 rings (SSSR count). The number of anilines is 1. The van der Waals surface area contributed by atoms with Gasteiger partial charge >= 0.3 is 0 Å². The number of aryl methyl sites for hydroxylation is 1. The molecule has 2 heterocycles. The summed E-state index contributed by atoms with van der Waals surface area (Å²) in [6.07, 6.45) is 2.03. The number of pyridine rings is 1. The fraction of sp³-hybridized carbons (Fsp3) is 0.706. The van der Waals surface area contributed by atoms with Crippen molar-refractivity contribution in [2.45, 2.75) is 34.2 Å². The van der Waals surface area contributed by atoms with E-state index in [9.17, 15) is 0 Å². The number of aromatic nitrogens is 1. The van der Waals surface area contributed by atoms with Crippen LogP contribution < -0.4 is 10.2 Å². The molecule has 0 saturated carbocycles. The Bertz CT molecular complexity index is 436. The zero-order valence-corrected chi connectivity index (χ0v) is 14.0. The second kappa shape index (κ2) is 7.76. The van der Waals surface area contributed by atoms with Crippen LogP contribution >= 0.6 is 0 Å². The van der Waals surface area contributed by atoms with Crippen molar-refractivity contribution in [3.8, 4) is 0 Å². The Kier molecular flexibility index (Phi) is 6.00.